The average Bonchev–Trinajstić information content (AvgIpc) is 2.84. The molecule has 0 spiro atoms. The first-order valence-corrected chi connectivity index (χ1v) is 10.1. The molecule has 1 N–H and O–H groups in total. The van der Waals surface area contributed by atoms with E-state index in [1.165, 1.54) is 11.8 Å². The molecule has 0 aliphatic carbocycles. The van der Waals surface area contributed by atoms with E-state index < -0.39 is 34.4 Å². The van der Waals surface area contributed by atoms with E-state index in [-0.39, 0.29) is 11.5 Å². The van der Waals surface area contributed by atoms with Gasteiger partial charge in [-0.2, -0.15) is 0 Å². The summed E-state index contributed by atoms with van der Waals surface area (Å²) in [5.41, 5.74) is 0.426. The minimum Gasteiger partial charge on any atom is -0.452 e. The zero-order valence-corrected chi connectivity index (χ0v) is 14.4. The van der Waals surface area contributed by atoms with Crippen molar-refractivity contribution in [3.8, 4) is 0 Å². The van der Waals surface area contributed by atoms with Crippen LogP contribution in [0.5, 0.6) is 0 Å². The zero-order chi connectivity index (χ0) is 16.9. The molecule has 1 amide bonds. The fourth-order valence-electron chi connectivity index (χ4n) is 2.30. The molecule has 8 heteroatoms. The molecule has 1 heterocycles. The number of rotatable bonds is 6. The third kappa shape index (κ3) is 5.24. The van der Waals surface area contributed by atoms with E-state index in [0.717, 1.165) is 10.6 Å². The van der Waals surface area contributed by atoms with Crippen LogP contribution in [0.4, 0.5) is 0 Å². The van der Waals surface area contributed by atoms with Crippen LogP contribution in [-0.2, 0) is 19.4 Å². The maximum Gasteiger partial charge on any atom is 0.339 e. The van der Waals surface area contributed by atoms with Crippen LogP contribution in [-0.4, -0.2) is 50.2 Å². The Morgan fingerprint density at radius 3 is 2.74 bits per heavy atom. The number of carbonyl (C=O) groups is 2. The molecule has 0 radical (unpaired) electrons. The van der Waals surface area contributed by atoms with Crippen molar-refractivity contribution in [2.45, 2.75) is 24.3 Å². The van der Waals surface area contributed by atoms with Gasteiger partial charge in [0.15, 0.2) is 16.4 Å². The van der Waals surface area contributed by atoms with E-state index in [1.807, 2.05) is 19.1 Å². The summed E-state index contributed by atoms with van der Waals surface area (Å²) >= 11 is 1.52. The van der Waals surface area contributed by atoms with Gasteiger partial charge in [0.05, 0.1) is 17.1 Å². The summed E-state index contributed by atoms with van der Waals surface area (Å²) < 4.78 is 27.7. The van der Waals surface area contributed by atoms with Crippen LogP contribution in [0.3, 0.4) is 0 Å². The zero-order valence-electron chi connectivity index (χ0n) is 12.8. The van der Waals surface area contributed by atoms with Crippen LogP contribution in [0.15, 0.2) is 29.2 Å². The first-order valence-electron chi connectivity index (χ1n) is 7.30. The van der Waals surface area contributed by atoms with Crippen molar-refractivity contribution in [1.82, 2.24) is 5.32 Å². The molecule has 1 saturated heterocycles. The quantitative estimate of drug-likeness (QED) is 0.609. The third-order valence-corrected chi connectivity index (χ3v) is 6.06. The van der Waals surface area contributed by atoms with Crippen LogP contribution in [0, 0.1) is 0 Å². The Labute approximate surface area is 139 Å². The van der Waals surface area contributed by atoms with Crippen LogP contribution < -0.4 is 5.32 Å². The lowest BCUT2D eigenvalue weighted by atomic mass is 10.2. The number of sulfone groups is 1. The summed E-state index contributed by atoms with van der Waals surface area (Å²) in [6.07, 6.45) is 0.401. The number of hydrogen-bond acceptors (Lipinski definition) is 6. The summed E-state index contributed by atoms with van der Waals surface area (Å²) in [4.78, 5) is 24.6. The van der Waals surface area contributed by atoms with Crippen LogP contribution >= 0.6 is 11.8 Å². The van der Waals surface area contributed by atoms with Gasteiger partial charge in [-0.1, -0.05) is 19.1 Å². The van der Waals surface area contributed by atoms with Crippen molar-refractivity contribution >= 4 is 33.5 Å². The second-order valence-electron chi connectivity index (χ2n) is 5.17. The molecule has 0 aromatic heterocycles. The molecule has 1 aromatic carbocycles. The fourth-order valence-corrected chi connectivity index (χ4v) is 4.77. The molecule has 6 nitrogen and oxygen atoms in total. The predicted octanol–water partition coefficient (Wildman–Crippen LogP) is 1.26. The topological polar surface area (TPSA) is 89.5 Å². The number of benzene rings is 1. The van der Waals surface area contributed by atoms with Crippen molar-refractivity contribution in [3.63, 3.8) is 0 Å². The van der Waals surface area contributed by atoms with Gasteiger partial charge in [-0.25, -0.2) is 13.2 Å². The maximum absolute atomic E-state index is 12.1. The van der Waals surface area contributed by atoms with E-state index in [4.69, 9.17) is 4.74 Å². The predicted molar refractivity (Wildman–Crippen MR) is 88.3 cm³/mol. The van der Waals surface area contributed by atoms with E-state index in [9.17, 15) is 18.0 Å². The second-order valence-corrected chi connectivity index (χ2v) is 8.71. The molecule has 0 unspecified atom stereocenters. The van der Waals surface area contributed by atoms with E-state index >= 15 is 0 Å². The summed E-state index contributed by atoms with van der Waals surface area (Å²) in [5.74, 6) is -0.194. The van der Waals surface area contributed by atoms with Gasteiger partial charge in [0.2, 0.25) is 0 Å². The van der Waals surface area contributed by atoms with E-state index in [1.54, 1.807) is 12.1 Å². The highest BCUT2D eigenvalue weighted by atomic mass is 32.2. The molecule has 1 aliphatic heterocycles. The molecule has 2 rings (SSSR count). The molecule has 0 bridgehead atoms. The van der Waals surface area contributed by atoms with Crippen LogP contribution in [0.25, 0.3) is 0 Å². The Morgan fingerprint density at radius 2 is 2.09 bits per heavy atom. The first kappa shape index (κ1) is 17.8. The Bertz CT molecular complexity index is 687. The number of nitrogens with one attached hydrogen (secondary N) is 1. The van der Waals surface area contributed by atoms with E-state index in [0.29, 0.717) is 12.0 Å². The number of thioether (sulfide) groups is 1. The van der Waals surface area contributed by atoms with Gasteiger partial charge in [-0.05, 0) is 24.3 Å². The Hall–Kier alpha value is -1.54. The number of hydrogen-bond donors (Lipinski definition) is 1. The van der Waals surface area contributed by atoms with Gasteiger partial charge < -0.3 is 10.1 Å². The highest BCUT2D eigenvalue weighted by Crippen LogP contribution is 2.22. The first-order chi connectivity index (χ1) is 10.9. The minimum atomic E-state index is -3.05. The lowest BCUT2D eigenvalue weighted by Crippen LogP contribution is -2.38. The summed E-state index contributed by atoms with van der Waals surface area (Å²) in [6, 6.07) is 6.66. The van der Waals surface area contributed by atoms with Crippen molar-refractivity contribution in [2.24, 2.45) is 0 Å². The van der Waals surface area contributed by atoms with Gasteiger partial charge in [-0.15, -0.1) is 11.8 Å². The van der Waals surface area contributed by atoms with Crippen molar-refractivity contribution < 1.29 is 22.7 Å². The summed E-state index contributed by atoms with van der Waals surface area (Å²) in [7, 11) is -3.05. The molecule has 1 fully saturated rings. The minimum absolute atomic E-state index is 0.0529. The molecular formula is C15H19NO5S2. The molecule has 1 aliphatic rings. The van der Waals surface area contributed by atoms with Gasteiger partial charge in [-0.3, -0.25) is 4.79 Å². The maximum atomic E-state index is 12.1. The number of esters is 1. The van der Waals surface area contributed by atoms with Crippen LogP contribution in [0.2, 0.25) is 0 Å². The fraction of sp³-hybridized carbons (Fsp3) is 0.467. The summed E-state index contributed by atoms with van der Waals surface area (Å²) in [6.45, 7) is 1.57. The van der Waals surface area contributed by atoms with Gasteiger partial charge in [0.1, 0.15) is 0 Å². The average molecular weight is 357 g/mol. The highest BCUT2D eigenvalue weighted by Gasteiger charge is 2.29. The van der Waals surface area contributed by atoms with Crippen LogP contribution in [0.1, 0.15) is 23.7 Å². The standard InChI is InChI=1S/C15H19NO5S2/c1-2-22-13-6-4-3-5-12(13)15(18)21-9-14(17)16-11-7-8-23(19,20)10-11/h3-6,11H,2,7-10H2,1H3,(H,16,17)/t11-/m1/s1. The number of amides is 1. The SMILES string of the molecule is CCSc1ccccc1C(=O)OCC(=O)N[C@@H]1CCS(=O)(=O)C1. The molecule has 23 heavy (non-hydrogen) atoms. The highest BCUT2D eigenvalue weighted by molar-refractivity contribution is 7.99. The molecule has 0 saturated carbocycles. The van der Waals surface area contributed by atoms with Gasteiger partial charge in [0.25, 0.3) is 5.91 Å². The number of carbonyl (C=O) groups excluding carboxylic acids is 2. The van der Waals surface area contributed by atoms with Crippen molar-refractivity contribution in [2.75, 3.05) is 23.9 Å². The smallest absolute Gasteiger partial charge is 0.339 e. The monoisotopic (exact) mass is 357 g/mol. The van der Waals surface area contributed by atoms with Gasteiger partial charge >= 0.3 is 5.97 Å². The summed E-state index contributed by atoms with van der Waals surface area (Å²) in [5, 5.41) is 2.58. The number of ether oxygens (including phenoxy) is 1. The van der Waals surface area contributed by atoms with E-state index in [2.05, 4.69) is 5.32 Å². The molecule has 126 valence electrons. The second kappa shape index (κ2) is 7.83. The molecule has 1 atom stereocenters. The normalized spacial score (nSPS) is 19.3. The van der Waals surface area contributed by atoms with Crippen molar-refractivity contribution in [3.05, 3.63) is 29.8 Å². The third-order valence-electron chi connectivity index (χ3n) is 3.34. The Kier molecular flexibility index (Phi) is 6.06. The lowest BCUT2D eigenvalue weighted by Gasteiger charge is -2.12. The Balaban J connectivity index is 1.86. The molecular weight excluding hydrogens is 338 g/mol. The van der Waals surface area contributed by atoms with Crippen molar-refractivity contribution in [1.29, 1.82) is 0 Å². The molecule has 1 aromatic rings. The lowest BCUT2D eigenvalue weighted by molar-refractivity contribution is -0.124. The largest absolute Gasteiger partial charge is 0.452 e. The Morgan fingerprint density at radius 1 is 1.35 bits per heavy atom. The van der Waals surface area contributed by atoms with Gasteiger partial charge in [0, 0.05) is 10.9 Å².